The molecule has 4 heteroatoms. The first-order valence-electron chi connectivity index (χ1n) is 5.96. The highest BCUT2D eigenvalue weighted by atomic mass is 15.1. The number of nitrogens with two attached hydrogens (primary N) is 1. The second kappa shape index (κ2) is 5.04. The zero-order valence-electron chi connectivity index (χ0n) is 10.7. The Morgan fingerprint density at radius 2 is 2.00 bits per heavy atom. The first-order chi connectivity index (χ1) is 8.59. The van der Waals surface area contributed by atoms with Gasteiger partial charge in [0.15, 0.2) is 0 Å². The number of aryl methyl sites for hydroxylation is 1. The second-order valence-corrected chi connectivity index (χ2v) is 4.49. The van der Waals surface area contributed by atoms with Crippen LogP contribution in [0, 0.1) is 19.3 Å². The van der Waals surface area contributed by atoms with E-state index in [1.165, 1.54) is 0 Å². The summed E-state index contributed by atoms with van der Waals surface area (Å²) < 4.78 is 2.05. The van der Waals surface area contributed by atoms with Crippen molar-refractivity contribution in [2.24, 2.45) is 5.73 Å². The lowest BCUT2D eigenvalue weighted by Crippen LogP contribution is -2.25. The Kier molecular flexibility index (Phi) is 3.46. The molecule has 94 valence electrons. The van der Waals surface area contributed by atoms with Gasteiger partial charge in [-0.25, -0.2) is 4.98 Å². The highest BCUT2D eigenvalue weighted by Crippen LogP contribution is 2.19. The molecule has 0 saturated heterocycles. The average molecular weight is 242 g/mol. The maximum atomic E-state index is 7.76. The highest BCUT2D eigenvalue weighted by Gasteiger charge is 2.16. The van der Waals surface area contributed by atoms with Gasteiger partial charge in [-0.05, 0) is 19.4 Å². The molecule has 3 N–H and O–H groups in total. The lowest BCUT2D eigenvalue weighted by atomic mass is 9.98. The van der Waals surface area contributed by atoms with Crippen molar-refractivity contribution in [3.63, 3.8) is 0 Å². The predicted molar refractivity (Wildman–Crippen MR) is 72.8 cm³/mol. The molecule has 0 saturated carbocycles. The lowest BCUT2D eigenvalue weighted by molar-refractivity contribution is 0.638. The van der Waals surface area contributed by atoms with Gasteiger partial charge in [0, 0.05) is 12.2 Å². The third kappa shape index (κ3) is 2.42. The normalized spacial score (nSPS) is 12.3. The number of hydrogen-bond donors (Lipinski definition) is 2. The van der Waals surface area contributed by atoms with Crippen molar-refractivity contribution in [3.05, 3.63) is 53.6 Å². The molecule has 1 heterocycles. The molecule has 2 aromatic rings. The van der Waals surface area contributed by atoms with E-state index in [-0.39, 0.29) is 11.8 Å². The van der Waals surface area contributed by atoms with E-state index in [0.717, 1.165) is 17.0 Å². The topological polar surface area (TPSA) is 67.7 Å². The number of nitrogens with one attached hydrogen (secondary N) is 1. The Balaban J connectivity index is 2.28. The van der Waals surface area contributed by atoms with Gasteiger partial charge in [0.25, 0.3) is 0 Å². The molecule has 1 atom stereocenters. The molecule has 1 aromatic heterocycles. The number of imidazole rings is 1. The number of amidine groups is 1. The van der Waals surface area contributed by atoms with E-state index >= 15 is 0 Å². The summed E-state index contributed by atoms with van der Waals surface area (Å²) in [5, 5.41) is 7.76. The van der Waals surface area contributed by atoms with Crippen LogP contribution in [0.4, 0.5) is 0 Å². The predicted octanol–water partition coefficient (Wildman–Crippen LogP) is 2.22. The van der Waals surface area contributed by atoms with E-state index in [4.69, 9.17) is 11.1 Å². The third-order valence-electron chi connectivity index (χ3n) is 3.30. The first kappa shape index (κ1) is 12.4. The summed E-state index contributed by atoms with van der Waals surface area (Å²) in [4.78, 5) is 4.27. The maximum absolute atomic E-state index is 7.76. The second-order valence-electron chi connectivity index (χ2n) is 4.49. The minimum Gasteiger partial charge on any atom is -0.387 e. The van der Waals surface area contributed by atoms with Gasteiger partial charge in [-0.1, -0.05) is 30.3 Å². The van der Waals surface area contributed by atoms with Crippen molar-refractivity contribution < 1.29 is 0 Å². The summed E-state index contributed by atoms with van der Waals surface area (Å²) in [6, 6.07) is 9.91. The molecule has 0 aliphatic carbocycles. The molecule has 0 amide bonds. The Hall–Kier alpha value is -2.10. The van der Waals surface area contributed by atoms with Crippen molar-refractivity contribution in [3.8, 4) is 0 Å². The van der Waals surface area contributed by atoms with Crippen LogP contribution in [0.25, 0.3) is 0 Å². The van der Waals surface area contributed by atoms with Crippen molar-refractivity contribution in [1.29, 1.82) is 5.41 Å². The number of aromatic nitrogens is 2. The molecule has 2 rings (SSSR count). The standard InChI is InChI=1S/C14H18N4/c1-10-11(2)18(9-17-10)8-13(14(15)16)12-6-4-3-5-7-12/h3-7,9,13H,8H2,1-2H3,(H3,15,16). The van der Waals surface area contributed by atoms with Crippen LogP contribution in [0.1, 0.15) is 22.9 Å². The fourth-order valence-corrected chi connectivity index (χ4v) is 1.99. The molecule has 0 aliphatic rings. The van der Waals surface area contributed by atoms with Gasteiger partial charge < -0.3 is 10.3 Å². The Bertz CT molecular complexity index is 542. The zero-order valence-corrected chi connectivity index (χ0v) is 10.7. The Morgan fingerprint density at radius 1 is 1.33 bits per heavy atom. The monoisotopic (exact) mass is 242 g/mol. The molecule has 1 unspecified atom stereocenters. The molecule has 0 radical (unpaired) electrons. The van der Waals surface area contributed by atoms with Crippen molar-refractivity contribution >= 4 is 5.84 Å². The Labute approximate surface area is 107 Å². The largest absolute Gasteiger partial charge is 0.387 e. The number of nitrogens with zero attached hydrogens (tertiary/aromatic N) is 2. The molecule has 1 aromatic carbocycles. The van der Waals surface area contributed by atoms with Gasteiger partial charge in [-0.2, -0.15) is 0 Å². The van der Waals surface area contributed by atoms with E-state index in [2.05, 4.69) is 9.55 Å². The highest BCUT2D eigenvalue weighted by molar-refractivity contribution is 5.84. The van der Waals surface area contributed by atoms with Gasteiger partial charge >= 0.3 is 0 Å². The van der Waals surface area contributed by atoms with Crippen LogP contribution >= 0.6 is 0 Å². The fourth-order valence-electron chi connectivity index (χ4n) is 1.99. The summed E-state index contributed by atoms with van der Waals surface area (Å²) in [6.45, 7) is 4.67. The van der Waals surface area contributed by atoms with Crippen molar-refractivity contribution in [2.75, 3.05) is 0 Å². The summed E-state index contributed by atoms with van der Waals surface area (Å²) in [5.41, 5.74) is 8.93. The van der Waals surface area contributed by atoms with Crippen molar-refractivity contribution in [1.82, 2.24) is 9.55 Å². The third-order valence-corrected chi connectivity index (χ3v) is 3.30. The maximum Gasteiger partial charge on any atom is 0.1000 e. The van der Waals surface area contributed by atoms with Crippen LogP contribution in [0.2, 0.25) is 0 Å². The molecular weight excluding hydrogens is 224 g/mol. The van der Waals surface area contributed by atoms with Crippen LogP contribution in [0.5, 0.6) is 0 Å². The van der Waals surface area contributed by atoms with Crippen LogP contribution in [-0.2, 0) is 6.54 Å². The SMILES string of the molecule is Cc1ncn(CC(C(=N)N)c2ccccc2)c1C. The summed E-state index contributed by atoms with van der Waals surface area (Å²) >= 11 is 0. The van der Waals surface area contributed by atoms with Crippen LogP contribution in [-0.4, -0.2) is 15.4 Å². The molecule has 18 heavy (non-hydrogen) atoms. The van der Waals surface area contributed by atoms with E-state index in [9.17, 15) is 0 Å². The summed E-state index contributed by atoms with van der Waals surface area (Å²) in [7, 11) is 0. The van der Waals surface area contributed by atoms with Crippen LogP contribution < -0.4 is 5.73 Å². The van der Waals surface area contributed by atoms with Crippen LogP contribution in [0.15, 0.2) is 36.7 Å². The molecule has 4 nitrogen and oxygen atoms in total. The number of hydrogen-bond acceptors (Lipinski definition) is 2. The van der Waals surface area contributed by atoms with Gasteiger partial charge in [-0.15, -0.1) is 0 Å². The van der Waals surface area contributed by atoms with Crippen LogP contribution in [0.3, 0.4) is 0 Å². The van der Waals surface area contributed by atoms with E-state index in [1.807, 2.05) is 50.5 Å². The smallest absolute Gasteiger partial charge is 0.1000 e. The minimum atomic E-state index is -0.0986. The quantitative estimate of drug-likeness (QED) is 0.637. The van der Waals surface area contributed by atoms with Crippen molar-refractivity contribution in [2.45, 2.75) is 26.3 Å². The zero-order chi connectivity index (χ0) is 13.1. The van der Waals surface area contributed by atoms with Gasteiger partial charge in [0.05, 0.1) is 23.8 Å². The fraction of sp³-hybridized carbons (Fsp3) is 0.286. The minimum absolute atomic E-state index is 0.0986. The van der Waals surface area contributed by atoms with Gasteiger partial charge in [-0.3, -0.25) is 5.41 Å². The average Bonchev–Trinajstić information content (AvgIpc) is 2.68. The number of benzene rings is 1. The van der Waals surface area contributed by atoms with Gasteiger partial charge in [0.2, 0.25) is 0 Å². The molecular formula is C14H18N4. The number of rotatable bonds is 4. The van der Waals surface area contributed by atoms with E-state index in [1.54, 1.807) is 0 Å². The molecule has 0 aliphatic heterocycles. The molecule has 0 bridgehead atoms. The summed E-state index contributed by atoms with van der Waals surface area (Å²) in [6.07, 6.45) is 1.81. The Morgan fingerprint density at radius 3 is 2.50 bits per heavy atom. The molecule has 0 spiro atoms. The van der Waals surface area contributed by atoms with E-state index < -0.39 is 0 Å². The lowest BCUT2D eigenvalue weighted by Gasteiger charge is -2.17. The molecule has 0 fully saturated rings. The van der Waals surface area contributed by atoms with Gasteiger partial charge in [0.1, 0.15) is 0 Å². The van der Waals surface area contributed by atoms with E-state index in [0.29, 0.717) is 6.54 Å². The first-order valence-corrected chi connectivity index (χ1v) is 5.96. The summed E-state index contributed by atoms with van der Waals surface area (Å²) in [5.74, 6) is 0.0884.